The van der Waals surface area contributed by atoms with Gasteiger partial charge in [0.25, 0.3) is 0 Å². The van der Waals surface area contributed by atoms with Crippen LogP contribution in [0, 0.1) is 12.8 Å². The van der Waals surface area contributed by atoms with E-state index in [2.05, 4.69) is 43.4 Å². The van der Waals surface area contributed by atoms with Gasteiger partial charge in [0.05, 0.1) is 0 Å². The summed E-state index contributed by atoms with van der Waals surface area (Å²) in [4.78, 5) is 1.41. The van der Waals surface area contributed by atoms with Gasteiger partial charge in [0.15, 0.2) is 0 Å². The second-order valence-corrected chi connectivity index (χ2v) is 7.53. The molecule has 1 fully saturated rings. The van der Waals surface area contributed by atoms with Crippen LogP contribution in [0.3, 0.4) is 0 Å². The zero-order chi connectivity index (χ0) is 14.9. The van der Waals surface area contributed by atoms with Crippen LogP contribution in [0.1, 0.15) is 57.4 Å². The Labute approximate surface area is 135 Å². The number of hydrogen-bond acceptors (Lipinski definition) is 2. The van der Waals surface area contributed by atoms with Crippen LogP contribution in [0.4, 0.5) is 0 Å². The molecule has 0 heterocycles. The van der Waals surface area contributed by atoms with Crippen molar-refractivity contribution in [3.63, 3.8) is 0 Å². The molecule has 118 valence electrons. The number of aryl methyl sites for hydroxylation is 1. The SMILES string of the molecule is CCCNC(CSc1ccc(C)cc1)C1CCCCCC1. The molecular weight excluding hydrogens is 274 g/mol. The molecule has 0 spiro atoms. The standard InChI is InChI=1S/C19H31NS/c1-3-14-20-19(17-8-6-4-5-7-9-17)15-21-18-12-10-16(2)11-13-18/h10-13,17,19-20H,3-9,14-15H2,1-2H3. The normalized spacial score (nSPS) is 18.4. The maximum absolute atomic E-state index is 3.83. The molecular formula is C19H31NS. The molecule has 1 aromatic carbocycles. The van der Waals surface area contributed by atoms with E-state index in [1.54, 1.807) is 0 Å². The molecule has 1 aliphatic carbocycles. The number of rotatable bonds is 7. The first-order valence-electron chi connectivity index (χ1n) is 8.72. The molecule has 2 rings (SSSR count). The van der Waals surface area contributed by atoms with Crippen molar-refractivity contribution in [1.82, 2.24) is 5.32 Å². The fourth-order valence-electron chi connectivity index (χ4n) is 3.23. The molecule has 1 atom stereocenters. The third kappa shape index (κ3) is 6.04. The minimum atomic E-state index is 0.689. The molecule has 1 N–H and O–H groups in total. The zero-order valence-electron chi connectivity index (χ0n) is 13.7. The smallest absolute Gasteiger partial charge is 0.0189 e. The van der Waals surface area contributed by atoms with Gasteiger partial charge in [-0.05, 0) is 50.8 Å². The van der Waals surface area contributed by atoms with Crippen LogP contribution in [0.15, 0.2) is 29.2 Å². The van der Waals surface area contributed by atoms with Gasteiger partial charge in [0.2, 0.25) is 0 Å². The van der Waals surface area contributed by atoms with E-state index in [4.69, 9.17) is 0 Å². The van der Waals surface area contributed by atoms with Gasteiger partial charge < -0.3 is 5.32 Å². The molecule has 0 aliphatic heterocycles. The molecule has 1 aliphatic rings. The quantitative estimate of drug-likeness (QED) is 0.533. The van der Waals surface area contributed by atoms with E-state index in [0.29, 0.717) is 6.04 Å². The molecule has 0 bridgehead atoms. The highest BCUT2D eigenvalue weighted by Crippen LogP contribution is 2.29. The lowest BCUT2D eigenvalue weighted by molar-refractivity contribution is 0.343. The van der Waals surface area contributed by atoms with Gasteiger partial charge in [0.1, 0.15) is 0 Å². The predicted molar refractivity (Wildman–Crippen MR) is 95.2 cm³/mol. The Kier molecular flexibility index (Phi) is 7.66. The Morgan fingerprint density at radius 1 is 1.10 bits per heavy atom. The van der Waals surface area contributed by atoms with E-state index in [1.165, 1.54) is 61.2 Å². The van der Waals surface area contributed by atoms with Crippen LogP contribution < -0.4 is 5.32 Å². The van der Waals surface area contributed by atoms with Crippen LogP contribution in [0.25, 0.3) is 0 Å². The molecule has 1 unspecified atom stereocenters. The first kappa shape index (κ1) is 16.9. The summed E-state index contributed by atoms with van der Waals surface area (Å²) in [7, 11) is 0. The summed E-state index contributed by atoms with van der Waals surface area (Å²) < 4.78 is 0. The molecule has 1 saturated carbocycles. The van der Waals surface area contributed by atoms with Crippen LogP contribution in [0.2, 0.25) is 0 Å². The number of nitrogens with one attached hydrogen (secondary N) is 1. The molecule has 0 saturated heterocycles. The van der Waals surface area contributed by atoms with Crippen molar-refractivity contribution in [3.8, 4) is 0 Å². The second-order valence-electron chi connectivity index (χ2n) is 6.44. The van der Waals surface area contributed by atoms with Gasteiger partial charge in [-0.1, -0.05) is 50.3 Å². The summed E-state index contributed by atoms with van der Waals surface area (Å²) in [6.45, 7) is 5.59. The molecule has 0 amide bonds. The Balaban J connectivity index is 1.89. The lowest BCUT2D eigenvalue weighted by Gasteiger charge is -2.27. The van der Waals surface area contributed by atoms with Crippen LogP contribution in [-0.2, 0) is 0 Å². The van der Waals surface area contributed by atoms with Gasteiger partial charge in [-0.2, -0.15) is 0 Å². The number of hydrogen-bond donors (Lipinski definition) is 1. The van der Waals surface area contributed by atoms with Gasteiger partial charge in [-0.3, -0.25) is 0 Å². The molecule has 2 heteroatoms. The Morgan fingerprint density at radius 2 is 1.76 bits per heavy atom. The highest BCUT2D eigenvalue weighted by Gasteiger charge is 2.22. The first-order chi connectivity index (χ1) is 10.3. The lowest BCUT2D eigenvalue weighted by atomic mass is 9.93. The highest BCUT2D eigenvalue weighted by molar-refractivity contribution is 7.99. The summed E-state index contributed by atoms with van der Waals surface area (Å²) >= 11 is 2.03. The Morgan fingerprint density at radius 3 is 2.38 bits per heavy atom. The van der Waals surface area contributed by atoms with E-state index in [0.717, 1.165) is 12.5 Å². The molecule has 1 nitrogen and oxygen atoms in total. The van der Waals surface area contributed by atoms with E-state index in [1.807, 2.05) is 11.8 Å². The summed E-state index contributed by atoms with van der Waals surface area (Å²) in [5, 5.41) is 3.83. The monoisotopic (exact) mass is 305 g/mol. The van der Waals surface area contributed by atoms with Crippen molar-refractivity contribution in [1.29, 1.82) is 0 Å². The second kappa shape index (κ2) is 9.53. The highest BCUT2D eigenvalue weighted by atomic mass is 32.2. The number of thioether (sulfide) groups is 1. The molecule has 0 aromatic heterocycles. The van der Waals surface area contributed by atoms with Crippen molar-refractivity contribution in [2.75, 3.05) is 12.3 Å². The maximum atomic E-state index is 3.83. The predicted octanol–water partition coefficient (Wildman–Crippen LogP) is 5.43. The van der Waals surface area contributed by atoms with E-state index in [9.17, 15) is 0 Å². The Bertz CT molecular complexity index is 379. The summed E-state index contributed by atoms with van der Waals surface area (Å²) in [6, 6.07) is 9.67. The van der Waals surface area contributed by atoms with Crippen molar-refractivity contribution in [3.05, 3.63) is 29.8 Å². The largest absolute Gasteiger partial charge is 0.313 e. The van der Waals surface area contributed by atoms with E-state index in [-0.39, 0.29) is 0 Å². The molecule has 1 aromatic rings. The van der Waals surface area contributed by atoms with Gasteiger partial charge in [0, 0.05) is 16.7 Å². The minimum absolute atomic E-state index is 0.689. The molecule has 0 radical (unpaired) electrons. The molecule has 21 heavy (non-hydrogen) atoms. The fourth-order valence-corrected chi connectivity index (χ4v) is 4.32. The van der Waals surface area contributed by atoms with Crippen LogP contribution in [0.5, 0.6) is 0 Å². The summed E-state index contributed by atoms with van der Waals surface area (Å²) in [5.74, 6) is 2.10. The summed E-state index contributed by atoms with van der Waals surface area (Å²) in [5.41, 5.74) is 1.35. The Hall–Kier alpha value is -0.470. The fraction of sp³-hybridized carbons (Fsp3) is 0.684. The third-order valence-electron chi connectivity index (χ3n) is 4.58. The minimum Gasteiger partial charge on any atom is -0.313 e. The van der Waals surface area contributed by atoms with Crippen molar-refractivity contribution >= 4 is 11.8 Å². The van der Waals surface area contributed by atoms with Gasteiger partial charge >= 0.3 is 0 Å². The van der Waals surface area contributed by atoms with Crippen molar-refractivity contribution < 1.29 is 0 Å². The number of benzene rings is 1. The van der Waals surface area contributed by atoms with Crippen molar-refractivity contribution in [2.45, 2.75) is 69.7 Å². The first-order valence-corrected chi connectivity index (χ1v) is 9.71. The van der Waals surface area contributed by atoms with Crippen molar-refractivity contribution in [2.24, 2.45) is 5.92 Å². The topological polar surface area (TPSA) is 12.0 Å². The third-order valence-corrected chi connectivity index (χ3v) is 5.71. The maximum Gasteiger partial charge on any atom is 0.0189 e. The van der Waals surface area contributed by atoms with Crippen LogP contribution >= 0.6 is 11.8 Å². The average molecular weight is 306 g/mol. The van der Waals surface area contributed by atoms with Gasteiger partial charge in [-0.25, -0.2) is 0 Å². The van der Waals surface area contributed by atoms with Gasteiger partial charge in [-0.15, -0.1) is 11.8 Å². The average Bonchev–Trinajstić information content (AvgIpc) is 2.78. The lowest BCUT2D eigenvalue weighted by Crippen LogP contribution is -2.38. The van der Waals surface area contributed by atoms with E-state index < -0.39 is 0 Å². The summed E-state index contributed by atoms with van der Waals surface area (Å²) in [6.07, 6.45) is 9.85. The van der Waals surface area contributed by atoms with E-state index >= 15 is 0 Å². The van der Waals surface area contributed by atoms with Crippen LogP contribution in [-0.4, -0.2) is 18.3 Å². The zero-order valence-corrected chi connectivity index (χ0v) is 14.6.